The van der Waals surface area contributed by atoms with Crippen molar-refractivity contribution in [1.82, 2.24) is 10.4 Å². The van der Waals surface area contributed by atoms with Crippen LogP contribution >= 0.6 is 12.2 Å². The molecule has 0 unspecified atom stereocenters. The molecule has 1 fully saturated rings. The third kappa shape index (κ3) is 2.91. The fourth-order valence-corrected chi connectivity index (χ4v) is 1.85. The van der Waals surface area contributed by atoms with E-state index < -0.39 is 0 Å². The lowest BCUT2D eigenvalue weighted by Gasteiger charge is -2.30. The molecular weight excluding hydrogens is 206 g/mol. The fraction of sp³-hybridized carbons (Fsp3) is 0.364. The highest BCUT2D eigenvalue weighted by atomic mass is 32.1. The minimum absolute atomic E-state index is 0.751. The summed E-state index contributed by atoms with van der Waals surface area (Å²) >= 11 is 5.31. The molecule has 1 heterocycles. The van der Waals surface area contributed by atoms with Crippen molar-refractivity contribution in [1.29, 1.82) is 0 Å². The maximum atomic E-state index is 5.31. The number of thiocarbonyl (C=S) groups is 1. The van der Waals surface area contributed by atoms with E-state index >= 15 is 0 Å². The highest BCUT2D eigenvalue weighted by Crippen LogP contribution is 2.07. The van der Waals surface area contributed by atoms with Gasteiger partial charge in [-0.25, -0.2) is 5.43 Å². The molecular formula is C11H15N3S. The molecule has 2 N–H and O–H groups in total. The number of benzene rings is 1. The molecule has 15 heavy (non-hydrogen) atoms. The molecule has 1 aromatic rings. The highest BCUT2D eigenvalue weighted by Gasteiger charge is 2.12. The number of rotatable bonds is 1. The van der Waals surface area contributed by atoms with Crippen LogP contribution in [0.1, 0.15) is 12.8 Å². The molecule has 1 aliphatic heterocycles. The molecule has 1 aliphatic rings. The summed E-state index contributed by atoms with van der Waals surface area (Å²) in [5, 5.41) is 5.96. The Bertz CT molecular complexity index is 320. The lowest BCUT2D eigenvalue weighted by molar-refractivity contribution is 0.261. The zero-order valence-corrected chi connectivity index (χ0v) is 9.39. The van der Waals surface area contributed by atoms with E-state index in [1.165, 1.54) is 12.8 Å². The van der Waals surface area contributed by atoms with E-state index in [1.807, 2.05) is 35.3 Å². The van der Waals surface area contributed by atoms with Gasteiger partial charge in [-0.2, -0.15) is 0 Å². The average molecular weight is 221 g/mol. The van der Waals surface area contributed by atoms with Gasteiger partial charge in [0.2, 0.25) is 0 Å². The summed E-state index contributed by atoms with van der Waals surface area (Å²) in [5.74, 6) is 0. The Morgan fingerprint density at radius 2 is 2.07 bits per heavy atom. The van der Waals surface area contributed by atoms with Crippen molar-refractivity contribution >= 4 is 23.0 Å². The van der Waals surface area contributed by atoms with E-state index in [9.17, 15) is 0 Å². The van der Waals surface area contributed by atoms with Gasteiger partial charge in [0.15, 0.2) is 5.11 Å². The predicted octanol–water partition coefficient (Wildman–Crippen LogP) is 1.98. The van der Waals surface area contributed by atoms with E-state index in [4.69, 9.17) is 12.2 Å². The normalized spacial score (nSPS) is 16.1. The quantitative estimate of drug-likeness (QED) is 0.709. The maximum absolute atomic E-state index is 5.31. The third-order valence-corrected chi connectivity index (χ3v) is 2.70. The minimum Gasteiger partial charge on any atom is -0.332 e. The van der Waals surface area contributed by atoms with Crippen LogP contribution in [0, 0.1) is 0 Å². The zero-order valence-electron chi connectivity index (χ0n) is 8.57. The third-order valence-electron chi connectivity index (χ3n) is 2.38. The highest BCUT2D eigenvalue weighted by molar-refractivity contribution is 7.80. The summed E-state index contributed by atoms with van der Waals surface area (Å²) in [6, 6.07) is 10.0. The number of hydrogen-bond donors (Lipinski definition) is 2. The molecule has 2 rings (SSSR count). The Balaban J connectivity index is 1.91. The van der Waals surface area contributed by atoms with Gasteiger partial charge in [0, 0.05) is 18.8 Å². The van der Waals surface area contributed by atoms with Gasteiger partial charge in [0.1, 0.15) is 0 Å². The van der Waals surface area contributed by atoms with Gasteiger partial charge >= 0.3 is 0 Å². The van der Waals surface area contributed by atoms with Crippen LogP contribution in [0.5, 0.6) is 0 Å². The van der Waals surface area contributed by atoms with Crippen molar-refractivity contribution in [2.75, 3.05) is 18.4 Å². The monoisotopic (exact) mass is 221 g/mol. The van der Waals surface area contributed by atoms with Crippen molar-refractivity contribution in [3.05, 3.63) is 30.3 Å². The van der Waals surface area contributed by atoms with E-state index in [0.717, 1.165) is 23.9 Å². The molecule has 1 saturated heterocycles. The van der Waals surface area contributed by atoms with Crippen molar-refractivity contribution in [3.8, 4) is 0 Å². The topological polar surface area (TPSA) is 27.3 Å². The molecule has 80 valence electrons. The summed E-state index contributed by atoms with van der Waals surface area (Å²) in [5.41, 5.74) is 4.31. The van der Waals surface area contributed by atoms with E-state index in [0.29, 0.717) is 0 Å². The molecule has 0 amide bonds. The number of anilines is 1. The van der Waals surface area contributed by atoms with Crippen LogP contribution in [-0.4, -0.2) is 23.2 Å². The van der Waals surface area contributed by atoms with Crippen LogP contribution in [0.3, 0.4) is 0 Å². The predicted molar refractivity (Wildman–Crippen MR) is 66.6 cm³/mol. The maximum Gasteiger partial charge on any atom is 0.187 e. The smallest absolute Gasteiger partial charge is 0.187 e. The van der Waals surface area contributed by atoms with Gasteiger partial charge in [0.05, 0.1) is 0 Å². The summed E-state index contributed by atoms with van der Waals surface area (Å²) in [7, 11) is 0. The molecule has 0 saturated carbocycles. The van der Waals surface area contributed by atoms with Crippen molar-refractivity contribution in [2.45, 2.75) is 12.8 Å². The molecule has 3 nitrogen and oxygen atoms in total. The number of hydrazine groups is 1. The second-order valence-corrected chi connectivity index (χ2v) is 3.95. The number of para-hydroxylation sites is 1. The average Bonchev–Trinajstić information content (AvgIpc) is 2.31. The summed E-state index contributed by atoms with van der Waals surface area (Å²) in [6.45, 7) is 2.00. The lowest BCUT2D eigenvalue weighted by Crippen LogP contribution is -2.48. The molecule has 0 spiro atoms. The van der Waals surface area contributed by atoms with Crippen LogP contribution < -0.4 is 10.7 Å². The van der Waals surface area contributed by atoms with Crippen molar-refractivity contribution < 1.29 is 0 Å². The van der Waals surface area contributed by atoms with E-state index in [2.05, 4.69) is 10.7 Å². The van der Waals surface area contributed by atoms with Crippen LogP contribution in [0.2, 0.25) is 0 Å². The molecule has 0 bridgehead atoms. The Kier molecular flexibility index (Phi) is 3.53. The van der Waals surface area contributed by atoms with Gasteiger partial charge in [-0.15, -0.1) is 0 Å². The summed E-state index contributed by atoms with van der Waals surface area (Å²) in [4.78, 5) is 0. The fourth-order valence-electron chi connectivity index (χ4n) is 1.57. The van der Waals surface area contributed by atoms with Crippen LogP contribution in [0.15, 0.2) is 30.3 Å². The van der Waals surface area contributed by atoms with Crippen LogP contribution in [0.25, 0.3) is 0 Å². The standard InChI is InChI=1S/C11H15N3S/c15-11(14-9-5-4-8-12-14)13-10-6-2-1-3-7-10/h1-3,6-7,12H,4-5,8-9H2,(H,13,15). The molecule has 0 radical (unpaired) electrons. The first kappa shape index (κ1) is 10.4. The Morgan fingerprint density at radius 3 is 2.73 bits per heavy atom. The summed E-state index contributed by atoms with van der Waals surface area (Å²) < 4.78 is 0. The van der Waals surface area contributed by atoms with Gasteiger partial charge < -0.3 is 5.32 Å². The van der Waals surface area contributed by atoms with Gasteiger partial charge in [-0.3, -0.25) is 5.01 Å². The number of hydrogen-bond acceptors (Lipinski definition) is 2. The lowest BCUT2D eigenvalue weighted by atomic mass is 10.3. The molecule has 0 aromatic heterocycles. The largest absolute Gasteiger partial charge is 0.332 e. The van der Waals surface area contributed by atoms with E-state index in [-0.39, 0.29) is 0 Å². The van der Waals surface area contributed by atoms with Crippen molar-refractivity contribution in [2.24, 2.45) is 0 Å². The first-order valence-corrected chi connectivity index (χ1v) is 5.64. The first-order valence-electron chi connectivity index (χ1n) is 5.23. The number of nitrogens with zero attached hydrogens (tertiary/aromatic N) is 1. The molecule has 4 heteroatoms. The SMILES string of the molecule is S=C(Nc1ccccc1)N1CCCCN1. The van der Waals surface area contributed by atoms with E-state index in [1.54, 1.807) is 0 Å². The second kappa shape index (κ2) is 5.09. The van der Waals surface area contributed by atoms with Crippen molar-refractivity contribution in [3.63, 3.8) is 0 Å². The Morgan fingerprint density at radius 1 is 1.27 bits per heavy atom. The second-order valence-electron chi connectivity index (χ2n) is 3.56. The molecule has 1 aromatic carbocycles. The van der Waals surface area contributed by atoms with Crippen LogP contribution in [0.4, 0.5) is 5.69 Å². The molecule has 0 atom stereocenters. The number of nitrogens with one attached hydrogen (secondary N) is 2. The first-order chi connectivity index (χ1) is 7.36. The van der Waals surface area contributed by atoms with Gasteiger partial charge in [0.25, 0.3) is 0 Å². The van der Waals surface area contributed by atoms with Crippen LogP contribution in [-0.2, 0) is 0 Å². The summed E-state index contributed by atoms with van der Waals surface area (Å²) in [6.07, 6.45) is 2.42. The zero-order chi connectivity index (χ0) is 10.5. The Hall–Kier alpha value is -1.13. The van der Waals surface area contributed by atoms with Gasteiger partial charge in [-0.05, 0) is 37.2 Å². The Labute approximate surface area is 95.4 Å². The van der Waals surface area contributed by atoms with Gasteiger partial charge in [-0.1, -0.05) is 18.2 Å². The minimum atomic E-state index is 0.751. The molecule has 0 aliphatic carbocycles.